The molecule has 0 aromatic carbocycles. The fourth-order valence-corrected chi connectivity index (χ4v) is 2.59. The summed E-state index contributed by atoms with van der Waals surface area (Å²) in [6, 6.07) is -0.0876. The Balaban J connectivity index is 3.66. The Labute approximate surface area is 136 Å². The van der Waals surface area contributed by atoms with E-state index in [1.165, 1.54) is 59.0 Å². The van der Waals surface area contributed by atoms with E-state index in [0.717, 1.165) is 18.8 Å². The zero-order valence-electron chi connectivity index (χ0n) is 15.0. The van der Waals surface area contributed by atoms with Crippen molar-refractivity contribution in [1.82, 2.24) is 5.32 Å². The highest BCUT2D eigenvalue weighted by atomic mass is 16.5. The van der Waals surface area contributed by atoms with E-state index in [2.05, 4.69) is 23.9 Å². The van der Waals surface area contributed by atoms with Crippen molar-refractivity contribution in [3.63, 3.8) is 0 Å². The fourth-order valence-electron chi connectivity index (χ4n) is 2.59. The Morgan fingerprint density at radius 3 is 2.05 bits per heavy atom. The maximum atomic E-state index is 11.3. The molecule has 4 nitrogen and oxygen atoms in total. The molecule has 0 bridgehead atoms. The summed E-state index contributed by atoms with van der Waals surface area (Å²) in [7, 11) is 1.38. The SMILES string of the molecule is CCC(C)CCCCCCCCC(CC(=O)OC)NC(C)=O. The fraction of sp³-hybridized carbons (Fsp3) is 0.889. The van der Waals surface area contributed by atoms with E-state index in [0.29, 0.717) is 0 Å². The van der Waals surface area contributed by atoms with E-state index >= 15 is 0 Å². The second kappa shape index (κ2) is 13.6. The van der Waals surface area contributed by atoms with E-state index < -0.39 is 0 Å². The minimum absolute atomic E-state index is 0.0843. The lowest BCUT2D eigenvalue weighted by molar-refractivity contribution is -0.141. The smallest absolute Gasteiger partial charge is 0.307 e. The summed E-state index contributed by atoms with van der Waals surface area (Å²) >= 11 is 0. The molecule has 1 amide bonds. The summed E-state index contributed by atoms with van der Waals surface area (Å²) in [5, 5.41) is 2.84. The van der Waals surface area contributed by atoms with E-state index in [-0.39, 0.29) is 24.3 Å². The predicted molar refractivity (Wildman–Crippen MR) is 90.6 cm³/mol. The molecule has 0 aromatic heterocycles. The molecule has 4 heteroatoms. The molecule has 0 rings (SSSR count). The highest BCUT2D eigenvalue weighted by molar-refractivity contribution is 5.75. The molecule has 0 spiro atoms. The third-order valence-electron chi connectivity index (χ3n) is 4.24. The zero-order valence-corrected chi connectivity index (χ0v) is 15.0. The first-order valence-corrected chi connectivity index (χ1v) is 8.83. The molecule has 0 aliphatic rings. The van der Waals surface area contributed by atoms with Crippen molar-refractivity contribution in [3.8, 4) is 0 Å². The third-order valence-corrected chi connectivity index (χ3v) is 4.24. The summed E-state index contributed by atoms with van der Waals surface area (Å²) in [4.78, 5) is 22.5. The minimum Gasteiger partial charge on any atom is -0.469 e. The van der Waals surface area contributed by atoms with Crippen LogP contribution in [0.5, 0.6) is 0 Å². The van der Waals surface area contributed by atoms with E-state index in [1.54, 1.807) is 0 Å². The number of methoxy groups -OCH3 is 1. The standard InChI is InChI=1S/C18H35NO3/c1-5-15(2)12-10-8-6-7-9-11-13-17(19-16(3)20)14-18(21)22-4/h15,17H,5-14H2,1-4H3,(H,19,20). The second-order valence-corrected chi connectivity index (χ2v) is 6.39. The van der Waals surface area contributed by atoms with Crippen LogP contribution in [-0.4, -0.2) is 25.0 Å². The number of carbonyl (C=O) groups excluding carboxylic acids is 2. The molecular weight excluding hydrogens is 278 g/mol. The average Bonchev–Trinajstić information content (AvgIpc) is 2.48. The Morgan fingerprint density at radius 2 is 1.55 bits per heavy atom. The van der Waals surface area contributed by atoms with Gasteiger partial charge in [-0.1, -0.05) is 65.2 Å². The van der Waals surface area contributed by atoms with Crippen LogP contribution in [-0.2, 0) is 14.3 Å². The first kappa shape index (κ1) is 20.9. The molecule has 0 aliphatic carbocycles. The molecule has 1 N–H and O–H groups in total. The number of carbonyl (C=O) groups is 2. The van der Waals surface area contributed by atoms with Crippen LogP contribution in [0.25, 0.3) is 0 Å². The molecular formula is C18H35NO3. The molecule has 0 heterocycles. The van der Waals surface area contributed by atoms with Gasteiger partial charge in [0.25, 0.3) is 0 Å². The summed E-state index contributed by atoms with van der Waals surface area (Å²) in [6.45, 7) is 6.07. The van der Waals surface area contributed by atoms with Crippen molar-refractivity contribution in [2.75, 3.05) is 7.11 Å². The molecule has 0 fully saturated rings. The predicted octanol–water partition coefficient (Wildman–Crippen LogP) is 4.22. The van der Waals surface area contributed by atoms with Crippen molar-refractivity contribution in [1.29, 1.82) is 0 Å². The molecule has 0 saturated carbocycles. The molecule has 0 aromatic rings. The summed E-state index contributed by atoms with van der Waals surface area (Å²) in [6.07, 6.45) is 11.2. The van der Waals surface area contributed by atoms with Crippen LogP contribution in [0.15, 0.2) is 0 Å². The van der Waals surface area contributed by atoms with Crippen LogP contribution in [0.4, 0.5) is 0 Å². The van der Waals surface area contributed by atoms with Crippen molar-refractivity contribution >= 4 is 11.9 Å². The first-order chi connectivity index (χ1) is 10.5. The Kier molecular flexibility index (Phi) is 12.9. The van der Waals surface area contributed by atoms with Gasteiger partial charge in [0.05, 0.1) is 13.5 Å². The van der Waals surface area contributed by atoms with Gasteiger partial charge in [0, 0.05) is 13.0 Å². The quantitative estimate of drug-likeness (QED) is 0.409. The van der Waals surface area contributed by atoms with Crippen LogP contribution in [0.2, 0.25) is 0 Å². The van der Waals surface area contributed by atoms with Crippen molar-refractivity contribution < 1.29 is 14.3 Å². The highest BCUT2D eigenvalue weighted by Gasteiger charge is 2.14. The van der Waals surface area contributed by atoms with Crippen LogP contribution in [0, 0.1) is 5.92 Å². The van der Waals surface area contributed by atoms with E-state index in [4.69, 9.17) is 0 Å². The molecule has 22 heavy (non-hydrogen) atoms. The molecule has 0 saturated heterocycles. The van der Waals surface area contributed by atoms with Gasteiger partial charge in [0.15, 0.2) is 0 Å². The third kappa shape index (κ3) is 12.7. The summed E-state index contributed by atoms with van der Waals surface area (Å²) in [5.74, 6) is 0.513. The van der Waals surface area contributed by atoms with Gasteiger partial charge in [-0.25, -0.2) is 0 Å². The number of nitrogens with one attached hydrogen (secondary N) is 1. The average molecular weight is 313 g/mol. The van der Waals surface area contributed by atoms with Gasteiger partial charge in [-0.3, -0.25) is 9.59 Å². The van der Waals surface area contributed by atoms with Crippen molar-refractivity contribution in [2.24, 2.45) is 5.92 Å². The Hall–Kier alpha value is -1.06. The second-order valence-electron chi connectivity index (χ2n) is 6.39. The number of hydrogen-bond acceptors (Lipinski definition) is 3. The number of unbranched alkanes of at least 4 members (excludes halogenated alkanes) is 5. The number of rotatable bonds is 13. The number of hydrogen-bond donors (Lipinski definition) is 1. The van der Waals surface area contributed by atoms with E-state index in [1.807, 2.05) is 0 Å². The van der Waals surface area contributed by atoms with Crippen molar-refractivity contribution in [2.45, 2.75) is 91.0 Å². The zero-order chi connectivity index (χ0) is 16.8. The molecule has 2 atom stereocenters. The number of esters is 1. The highest BCUT2D eigenvalue weighted by Crippen LogP contribution is 2.15. The number of ether oxygens (including phenoxy) is 1. The minimum atomic E-state index is -0.260. The van der Waals surface area contributed by atoms with Gasteiger partial charge >= 0.3 is 5.97 Å². The van der Waals surface area contributed by atoms with Gasteiger partial charge in [0.2, 0.25) is 5.91 Å². The lowest BCUT2D eigenvalue weighted by Crippen LogP contribution is -2.35. The van der Waals surface area contributed by atoms with Gasteiger partial charge in [-0.05, 0) is 12.3 Å². The van der Waals surface area contributed by atoms with Gasteiger partial charge in [0.1, 0.15) is 0 Å². The Morgan fingerprint density at radius 1 is 1.00 bits per heavy atom. The van der Waals surface area contributed by atoms with Crippen LogP contribution < -0.4 is 5.32 Å². The van der Waals surface area contributed by atoms with E-state index in [9.17, 15) is 9.59 Å². The van der Waals surface area contributed by atoms with Crippen LogP contribution in [0.3, 0.4) is 0 Å². The number of amides is 1. The summed E-state index contributed by atoms with van der Waals surface area (Å²) < 4.78 is 4.67. The van der Waals surface area contributed by atoms with Gasteiger partial charge in [-0.2, -0.15) is 0 Å². The lowest BCUT2D eigenvalue weighted by Gasteiger charge is -2.16. The maximum Gasteiger partial charge on any atom is 0.307 e. The monoisotopic (exact) mass is 313 g/mol. The van der Waals surface area contributed by atoms with Gasteiger partial charge < -0.3 is 10.1 Å². The lowest BCUT2D eigenvalue weighted by atomic mass is 9.99. The van der Waals surface area contributed by atoms with Crippen LogP contribution >= 0.6 is 0 Å². The topological polar surface area (TPSA) is 55.4 Å². The Bertz CT molecular complexity index is 305. The van der Waals surface area contributed by atoms with Crippen molar-refractivity contribution in [3.05, 3.63) is 0 Å². The molecule has 0 aliphatic heterocycles. The maximum absolute atomic E-state index is 11.3. The largest absolute Gasteiger partial charge is 0.469 e. The summed E-state index contributed by atoms with van der Waals surface area (Å²) in [5.41, 5.74) is 0. The molecule has 130 valence electrons. The van der Waals surface area contributed by atoms with Gasteiger partial charge in [-0.15, -0.1) is 0 Å². The molecule has 2 unspecified atom stereocenters. The first-order valence-electron chi connectivity index (χ1n) is 8.83. The molecule has 0 radical (unpaired) electrons. The van der Waals surface area contributed by atoms with Crippen LogP contribution in [0.1, 0.15) is 85.0 Å². The normalized spacial score (nSPS) is 13.5.